The van der Waals surface area contributed by atoms with E-state index >= 15 is 0 Å². The van der Waals surface area contributed by atoms with Gasteiger partial charge in [0.2, 0.25) is 0 Å². The van der Waals surface area contributed by atoms with Crippen molar-refractivity contribution in [2.75, 3.05) is 6.26 Å². The average Bonchev–Trinajstić information content (AvgIpc) is 2.02. The van der Waals surface area contributed by atoms with Gasteiger partial charge in [-0.3, -0.25) is 4.18 Å². The Kier molecular flexibility index (Phi) is 3.24. The van der Waals surface area contributed by atoms with Crippen molar-refractivity contribution in [3.8, 4) is 5.75 Å². The van der Waals surface area contributed by atoms with Crippen LogP contribution in [0.25, 0.3) is 0 Å². The Hall–Kier alpha value is -0.650. The third-order valence-electron chi connectivity index (χ3n) is 1.38. The van der Waals surface area contributed by atoms with Gasteiger partial charge in [0.15, 0.2) is 0 Å². The summed E-state index contributed by atoms with van der Waals surface area (Å²) in [7, 11) is -2.56. The van der Waals surface area contributed by atoms with Crippen molar-refractivity contribution in [3.05, 3.63) is 29.8 Å². The predicted octanol–water partition coefficient (Wildman–Crippen LogP) is 1.20. The van der Waals surface area contributed by atoms with Crippen molar-refractivity contribution >= 4 is 20.0 Å². The van der Waals surface area contributed by atoms with E-state index in [0.717, 1.165) is 5.56 Å². The smallest absolute Gasteiger partial charge is 0.141 e. The summed E-state index contributed by atoms with van der Waals surface area (Å²) in [6.45, 7) is 0.207. The van der Waals surface area contributed by atoms with Crippen LogP contribution < -0.4 is 0 Å². The molecule has 13 heavy (non-hydrogen) atoms. The quantitative estimate of drug-likeness (QED) is 0.828. The van der Waals surface area contributed by atoms with E-state index in [0.29, 0.717) is 0 Å². The van der Waals surface area contributed by atoms with E-state index in [1.54, 1.807) is 24.3 Å². The van der Waals surface area contributed by atoms with Gasteiger partial charge in [0.05, 0.1) is 6.61 Å². The number of phenolic OH excluding ortho intramolecular Hbond substituents is 1. The van der Waals surface area contributed by atoms with Crippen molar-refractivity contribution in [2.24, 2.45) is 0 Å². The molecule has 3 nitrogen and oxygen atoms in total. The molecule has 1 aromatic rings. The summed E-state index contributed by atoms with van der Waals surface area (Å²) in [5, 5.41) is 8.97. The molecule has 0 bridgehead atoms. The fourth-order valence-electron chi connectivity index (χ4n) is 0.767. The van der Waals surface area contributed by atoms with Gasteiger partial charge in [-0.25, -0.2) is 4.21 Å². The first-order valence-electron chi connectivity index (χ1n) is 3.60. The summed E-state index contributed by atoms with van der Waals surface area (Å²) in [6.07, 6.45) is 1.36. The highest BCUT2D eigenvalue weighted by molar-refractivity contribution is 8.29. The second-order valence-electron chi connectivity index (χ2n) is 2.63. The van der Waals surface area contributed by atoms with Gasteiger partial charge in [0.1, 0.15) is 14.5 Å². The van der Waals surface area contributed by atoms with Gasteiger partial charge in [0.25, 0.3) is 0 Å². The molecule has 0 aliphatic carbocycles. The highest BCUT2D eigenvalue weighted by Crippen LogP contribution is 2.10. The number of hydrogen-bond acceptors (Lipinski definition) is 4. The summed E-state index contributed by atoms with van der Waals surface area (Å²) in [6, 6.07) is 6.46. The number of benzene rings is 1. The zero-order valence-electron chi connectivity index (χ0n) is 7.10. The van der Waals surface area contributed by atoms with E-state index in [-0.39, 0.29) is 12.4 Å². The van der Waals surface area contributed by atoms with Crippen LogP contribution in [0.1, 0.15) is 5.56 Å². The van der Waals surface area contributed by atoms with E-state index in [4.69, 9.17) is 9.29 Å². The molecule has 0 saturated heterocycles. The lowest BCUT2D eigenvalue weighted by Crippen LogP contribution is -2.00. The maximum Gasteiger partial charge on any atom is 0.141 e. The number of aromatic hydroxyl groups is 1. The second-order valence-corrected chi connectivity index (χ2v) is 6.09. The fraction of sp³-hybridized carbons (Fsp3) is 0.250. The van der Waals surface area contributed by atoms with Gasteiger partial charge in [-0.15, -0.1) is 0 Å². The summed E-state index contributed by atoms with van der Waals surface area (Å²) in [5.41, 5.74) is 0.831. The Morgan fingerprint density at radius 2 is 2.00 bits per heavy atom. The molecule has 5 heteroatoms. The zero-order valence-corrected chi connectivity index (χ0v) is 8.73. The monoisotopic (exact) mass is 218 g/mol. The normalized spacial score (nSPS) is 15.2. The molecule has 0 aromatic heterocycles. The molecular weight excluding hydrogens is 208 g/mol. The average molecular weight is 218 g/mol. The first-order chi connectivity index (χ1) is 5.97. The lowest BCUT2D eigenvalue weighted by molar-refractivity contribution is 0.338. The van der Waals surface area contributed by atoms with Gasteiger partial charge in [0, 0.05) is 17.4 Å². The summed E-state index contributed by atoms with van der Waals surface area (Å²) >= 11 is 4.57. The van der Waals surface area contributed by atoms with Gasteiger partial charge in [-0.05, 0) is 17.7 Å². The summed E-state index contributed by atoms with van der Waals surface area (Å²) in [5.74, 6) is 0.194. The summed E-state index contributed by atoms with van der Waals surface area (Å²) < 4.78 is 15.9. The minimum absolute atomic E-state index is 0.194. The van der Waals surface area contributed by atoms with Crippen LogP contribution in [0.2, 0.25) is 0 Å². The van der Waals surface area contributed by atoms with E-state index in [2.05, 4.69) is 11.2 Å². The third kappa shape index (κ3) is 4.21. The molecule has 0 heterocycles. The lowest BCUT2D eigenvalue weighted by atomic mass is 10.2. The van der Waals surface area contributed by atoms with Gasteiger partial charge in [-0.1, -0.05) is 12.1 Å². The Morgan fingerprint density at radius 1 is 1.46 bits per heavy atom. The van der Waals surface area contributed by atoms with Crippen LogP contribution in [0.5, 0.6) is 5.75 Å². The van der Waals surface area contributed by atoms with Crippen LogP contribution in [0.3, 0.4) is 0 Å². The molecule has 0 spiro atoms. The van der Waals surface area contributed by atoms with E-state index in [9.17, 15) is 4.21 Å². The maximum absolute atomic E-state index is 11.0. The first kappa shape index (κ1) is 10.4. The molecule has 1 rings (SSSR count). The van der Waals surface area contributed by atoms with Crippen LogP contribution in [-0.2, 0) is 30.8 Å². The molecule has 72 valence electrons. The fourth-order valence-corrected chi connectivity index (χ4v) is 1.26. The minimum Gasteiger partial charge on any atom is -0.508 e. The first-order valence-corrected chi connectivity index (χ1v) is 6.41. The van der Waals surface area contributed by atoms with Crippen molar-refractivity contribution in [3.63, 3.8) is 0 Å². The van der Waals surface area contributed by atoms with E-state index in [1.165, 1.54) is 6.26 Å². The van der Waals surface area contributed by atoms with Crippen LogP contribution >= 0.6 is 0 Å². The molecule has 0 radical (unpaired) electrons. The third-order valence-corrected chi connectivity index (χ3v) is 2.21. The van der Waals surface area contributed by atoms with Gasteiger partial charge < -0.3 is 5.11 Å². The lowest BCUT2D eigenvalue weighted by Gasteiger charge is -2.02. The molecule has 1 aromatic carbocycles. The Morgan fingerprint density at radius 3 is 2.46 bits per heavy atom. The van der Waals surface area contributed by atoms with Gasteiger partial charge in [-0.2, -0.15) is 0 Å². The molecular formula is C8H10O3S2. The molecule has 0 aliphatic heterocycles. The molecule has 1 N–H and O–H groups in total. The molecule has 0 saturated carbocycles. The Balaban J connectivity index is 2.61. The standard InChI is InChI=1S/C8H10O3S2/c1-13(10,12)11-6-7-2-4-8(9)5-3-7/h2-5,9H,6H2,1H3. The highest BCUT2D eigenvalue weighted by atomic mass is 32.8. The Bertz CT molecular complexity index is 367. The molecule has 1 atom stereocenters. The van der Waals surface area contributed by atoms with Gasteiger partial charge >= 0.3 is 0 Å². The molecule has 0 aliphatic rings. The SMILES string of the molecule is CS(=O)(=S)OCc1ccc(O)cc1. The molecule has 1 unspecified atom stereocenters. The topological polar surface area (TPSA) is 46.5 Å². The van der Waals surface area contributed by atoms with Crippen LogP contribution in [0.4, 0.5) is 0 Å². The number of hydrogen-bond donors (Lipinski definition) is 1. The van der Waals surface area contributed by atoms with Crippen molar-refractivity contribution in [2.45, 2.75) is 6.61 Å². The van der Waals surface area contributed by atoms with Crippen LogP contribution in [0.15, 0.2) is 24.3 Å². The molecule has 0 fully saturated rings. The highest BCUT2D eigenvalue weighted by Gasteiger charge is 1.98. The maximum atomic E-state index is 11.0. The largest absolute Gasteiger partial charge is 0.508 e. The molecule has 0 amide bonds. The second kappa shape index (κ2) is 4.04. The number of phenols is 1. The van der Waals surface area contributed by atoms with E-state index < -0.39 is 8.77 Å². The zero-order chi connectivity index (χ0) is 9.90. The predicted molar refractivity (Wildman–Crippen MR) is 54.3 cm³/mol. The van der Waals surface area contributed by atoms with Crippen LogP contribution in [0, 0.1) is 0 Å². The van der Waals surface area contributed by atoms with Crippen molar-refractivity contribution < 1.29 is 13.5 Å². The van der Waals surface area contributed by atoms with E-state index in [1.807, 2.05) is 0 Å². The van der Waals surface area contributed by atoms with Crippen molar-refractivity contribution in [1.29, 1.82) is 0 Å². The minimum atomic E-state index is -2.56. The van der Waals surface area contributed by atoms with Crippen molar-refractivity contribution in [1.82, 2.24) is 0 Å². The van der Waals surface area contributed by atoms with Crippen LogP contribution in [-0.4, -0.2) is 15.6 Å². The summed E-state index contributed by atoms with van der Waals surface area (Å²) in [4.78, 5) is 0. The number of rotatable bonds is 3. The Labute approximate surface area is 82.2 Å².